The van der Waals surface area contributed by atoms with E-state index in [1.54, 1.807) is 6.92 Å². The number of amides is 1. The van der Waals surface area contributed by atoms with Crippen LogP contribution in [0.3, 0.4) is 0 Å². The third-order valence-corrected chi connectivity index (χ3v) is 5.40. The topological polar surface area (TPSA) is 118 Å². The van der Waals surface area contributed by atoms with Crippen molar-refractivity contribution in [3.8, 4) is 0 Å². The number of benzene rings is 1. The fourth-order valence-corrected chi connectivity index (χ4v) is 4.00. The van der Waals surface area contributed by atoms with Gasteiger partial charge in [0.1, 0.15) is 5.34 Å². The predicted octanol–water partition coefficient (Wildman–Crippen LogP) is 3.09. The summed E-state index contributed by atoms with van der Waals surface area (Å²) in [5.74, 6) is -2.68. The Hall–Kier alpha value is -1.91. The van der Waals surface area contributed by atoms with E-state index in [1.807, 2.05) is 30.3 Å². The number of nitrogens with two attached hydrogens (primary N) is 1. The summed E-state index contributed by atoms with van der Waals surface area (Å²) < 4.78 is 11.7. The second-order valence-corrected chi connectivity index (χ2v) is 8.75. The number of carbonyl (C=O) groups is 2. The summed E-state index contributed by atoms with van der Waals surface area (Å²) >= 11 is 0. The van der Waals surface area contributed by atoms with Crippen LogP contribution in [-0.4, -0.2) is 27.4 Å². The van der Waals surface area contributed by atoms with Crippen LogP contribution in [0.25, 0.3) is 6.08 Å². The Morgan fingerprint density at radius 3 is 2.30 bits per heavy atom. The van der Waals surface area contributed by atoms with E-state index in [9.17, 15) is 24.4 Å². The van der Waals surface area contributed by atoms with Crippen LogP contribution in [0.15, 0.2) is 29.8 Å². The van der Waals surface area contributed by atoms with Gasteiger partial charge in [-0.05, 0) is 36.8 Å². The first-order valence-corrected chi connectivity index (χ1v) is 10.1. The first kappa shape index (κ1) is 23.1. The van der Waals surface area contributed by atoms with Crippen molar-refractivity contribution in [3.05, 3.63) is 41.0 Å². The van der Waals surface area contributed by atoms with E-state index in [1.165, 1.54) is 5.56 Å². The molecule has 27 heavy (non-hydrogen) atoms. The highest BCUT2D eigenvalue weighted by atomic mass is 31.1. The summed E-state index contributed by atoms with van der Waals surface area (Å²) in [6.45, 7) is 6.07. The van der Waals surface area contributed by atoms with E-state index in [4.69, 9.17) is 5.73 Å². The zero-order valence-corrected chi connectivity index (χ0v) is 17.3. The van der Waals surface area contributed by atoms with Gasteiger partial charge in [-0.25, -0.2) is 0 Å². The molecule has 0 heterocycles. The minimum absolute atomic E-state index is 0.0463. The van der Waals surface area contributed by atoms with Crippen molar-refractivity contribution in [2.75, 3.05) is 0 Å². The molecule has 3 atom stereocenters. The monoisotopic (exact) mass is 395 g/mol. The van der Waals surface area contributed by atoms with Gasteiger partial charge in [-0.2, -0.15) is 0 Å². The molecule has 0 aromatic heterocycles. The molecule has 0 spiro atoms. The number of hydrogen-bond donors (Lipinski definition) is 3. The molecule has 0 radical (unpaired) electrons. The summed E-state index contributed by atoms with van der Waals surface area (Å²) in [6.07, 6.45) is 2.45. The first-order valence-electron chi connectivity index (χ1n) is 9.03. The standard InChI is InChI=1S/C20H30NO5P/c1-13(2)10-15-4-6-16(7-5-15)11-14(3)12-20(25,27-26)17(19(23)24)8-9-18(21)22/h4-7,11,13,17,25H,8-10,12,27H2,1-3H3,(H2,21,22)(H,23,24). The highest BCUT2D eigenvalue weighted by Gasteiger charge is 2.41. The Labute approximate surface area is 161 Å². The number of hydrogen-bond acceptors (Lipinski definition) is 4. The molecule has 0 saturated heterocycles. The largest absolute Gasteiger partial charge is 0.481 e. The molecule has 150 valence electrons. The van der Waals surface area contributed by atoms with Crippen molar-refractivity contribution in [1.82, 2.24) is 0 Å². The van der Waals surface area contributed by atoms with Gasteiger partial charge in [-0.1, -0.05) is 49.8 Å². The molecule has 0 fully saturated rings. The van der Waals surface area contributed by atoms with Crippen LogP contribution in [0.1, 0.15) is 51.2 Å². The van der Waals surface area contributed by atoms with E-state index < -0.39 is 31.6 Å². The highest BCUT2D eigenvalue weighted by Crippen LogP contribution is 2.38. The van der Waals surface area contributed by atoms with Crippen LogP contribution < -0.4 is 5.73 Å². The van der Waals surface area contributed by atoms with E-state index in [0.717, 1.165) is 12.0 Å². The van der Waals surface area contributed by atoms with Crippen LogP contribution in [0.2, 0.25) is 0 Å². The van der Waals surface area contributed by atoms with E-state index >= 15 is 0 Å². The van der Waals surface area contributed by atoms with Gasteiger partial charge in [0.05, 0.1) is 14.4 Å². The quantitative estimate of drug-likeness (QED) is 0.498. The third kappa shape index (κ3) is 7.69. The predicted molar refractivity (Wildman–Crippen MR) is 108 cm³/mol. The number of carboxylic acids is 1. The summed E-state index contributed by atoms with van der Waals surface area (Å²) in [7, 11) is -1.78. The van der Waals surface area contributed by atoms with Crippen molar-refractivity contribution in [2.24, 2.45) is 17.6 Å². The number of aliphatic carboxylic acids is 1. The molecule has 1 rings (SSSR count). The Balaban J connectivity index is 2.95. The van der Waals surface area contributed by atoms with Crippen LogP contribution in [-0.2, 0) is 20.6 Å². The number of primary amides is 1. The van der Waals surface area contributed by atoms with Gasteiger partial charge < -0.3 is 20.5 Å². The lowest BCUT2D eigenvalue weighted by atomic mass is 9.90. The first-order chi connectivity index (χ1) is 12.6. The highest BCUT2D eigenvalue weighted by molar-refractivity contribution is 7.25. The van der Waals surface area contributed by atoms with Crippen molar-refractivity contribution in [2.45, 2.75) is 51.8 Å². The van der Waals surface area contributed by atoms with E-state index in [2.05, 4.69) is 13.8 Å². The molecule has 0 aliphatic heterocycles. The van der Waals surface area contributed by atoms with Gasteiger partial charge >= 0.3 is 5.97 Å². The van der Waals surface area contributed by atoms with Gasteiger partial charge in [0.15, 0.2) is 0 Å². The Bertz CT molecular complexity index is 699. The smallest absolute Gasteiger partial charge is 0.309 e. The Morgan fingerprint density at radius 1 is 1.26 bits per heavy atom. The molecule has 1 aromatic carbocycles. The van der Waals surface area contributed by atoms with Crippen LogP contribution in [0.5, 0.6) is 0 Å². The third-order valence-electron chi connectivity index (χ3n) is 4.38. The number of aliphatic hydroxyl groups is 1. The van der Waals surface area contributed by atoms with Gasteiger partial charge in [0, 0.05) is 12.8 Å². The molecule has 0 aliphatic carbocycles. The van der Waals surface area contributed by atoms with E-state index in [-0.39, 0.29) is 19.3 Å². The Morgan fingerprint density at radius 2 is 1.85 bits per heavy atom. The van der Waals surface area contributed by atoms with Crippen molar-refractivity contribution in [1.29, 1.82) is 0 Å². The average molecular weight is 395 g/mol. The molecule has 0 saturated carbocycles. The molecular weight excluding hydrogens is 365 g/mol. The van der Waals surface area contributed by atoms with Crippen LogP contribution in [0, 0.1) is 11.8 Å². The molecule has 1 amide bonds. The molecule has 4 N–H and O–H groups in total. The summed E-state index contributed by atoms with van der Waals surface area (Å²) in [5, 5.41) is 18.2. The van der Waals surface area contributed by atoms with Crippen molar-refractivity contribution >= 4 is 26.4 Å². The maximum absolute atomic E-state index is 11.7. The minimum Gasteiger partial charge on any atom is -0.481 e. The van der Waals surface area contributed by atoms with Crippen molar-refractivity contribution in [3.63, 3.8) is 0 Å². The SMILES string of the molecule is CC(=Cc1ccc(CC(C)C)cc1)CC(O)([PH2]=O)C(CCC(N)=O)C(=O)O. The fraction of sp³-hybridized carbons (Fsp3) is 0.500. The van der Waals surface area contributed by atoms with Gasteiger partial charge in [0.25, 0.3) is 0 Å². The van der Waals surface area contributed by atoms with Crippen LogP contribution >= 0.6 is 8.46 Å². The Kier molecular flexibility index (Phi) is 8.94. The van der Waals surface area contributed by atoms with Gasteiger partial charge in [-0.3, -0.25) is 9.59 Å². The lowest BCUT2D eigenvalue weighted by Crippen LogP contribution is -2.38. The van der Waals surface area contributed by atoms with Gasteiger partial charge in [0.2, 0.25) is 5.91 Å². The molecule has 0 aliphatic rings. The lowest BCUT2D eigenvalue weighted by molar-refractivity contribution is -0.147. The maximum atomic E-state index is 11.7. The summed E-state index contributed by atoms with van der Waals surface area (Å²) in [5.41, 5.74) is 7.94. The molecule has 3 unspecified atom stereocenters. The van der Waals surface area contributed by atoms with E-state index in [0.29, 0.717) is 11.5 Å². The minimum atomic E-state index is -1.89. The summed E-state index contributed by atoms with van der Waals surface area (Å²) in [6, 6.07) is 8.01. The maximum Gasteiger partial charge on any atom is 0.309 e. The van der Waals surface area contributed by atoms with Crippen LogP contribution in [0.4, 0.5) is 0 Å². The second-order valence-electron chi connectivity index (χ2n) is 7.51. The van der Waals surface area contributed by atoms with Gasteiger partial charge in [-0.15, -0.1) is 0 Å². The molecular formula is C20H30NO5P. The lowest BCUT2D eigenvalue weighted by Gasteiger charge is -2.29. The van der Waals surface area contributed by atoms with Crippen molar-refractivity contribution < 1.29 is 24.4 Å². The average Bonchev–Trinajstić information content (AvgIpc) is 2.55. The fourth-order valence-electron chi connectivity index (χ4n) is 3.12. The molecule has 0 bridgehead atoms. The summed E-state index contributed by atoms with van der Waals surface area (Å²) in [4.78, 5) is 22.5. The molecule has 7 heteroatoms. The number of rotatable bonds is 11. The number of carbonyl (C=O) groups excluding carboxylic acids is 1. The molecule has 6 nitrogen and oxygen atoms in total. The molecule has 1 aromatic rings. The number of carboxylic acid groups (broad SMARTS) is 1. The second kappa shape index (κ2) is 10.4. The zero-order valence-electron chi connectivity index (χ0n) is 16.1. The normalized spacial score (nSPS) is 15.8. The zero-order chi connectivity index (χ0) is 20.6.